The van der Waals surface area contributed by atoms with Crippen LogP contribution in [-0.2, 0) is 6.54 Å². The largest absolute Gasteiger partial charge is 0.308 e. The standard InChI is InChI=1S/C15H17NS/c1-12-8-9-17-15(12)11-16-10-13(2)14-6-4-3-5-7-14/h3-9,16H,2,10-11H2,1H3. The van der Waals surface area contributed by atoms with Crippen LogP contribution in [0.25, 0.3) is 5.57 Å². The first-order valence-corrected chi connectivity index (χ1v) is 6.62. The van der Waals surface area contributed by atoms with Gasteiger partial charge in [-0.05, 0) is 35.1 Å². The van der Waals surface area contributed by atoms with Gasteiger partial charge in [-0.2, -0.15) is 0 Å². The number of rotatable bonds is 5. The van der Waals surface area contributed by atoms with Gasteiger partial charge >= 0.3 is 0 Å². The molecule has 0 radical (unpaired) electrons. The number of thiophene rings is 1. The smallest absolute Gasteiger partial charge is 0.0305 e. The van der Waals surface area contributed by atoms with Gasteiger partial charge in [-0.15, -0.1) is 11.3 Å². The molecule has 2 rings (SSSR count). The van der Waals surface area contributed by atoms with E-state index in [1.54, 1.807) is 11.3 Å². The summed E-state index contributed by atoms with van der Waals surface area (Å²) in [4.78, 5) is 1.41. The van der Waals surface area contributed by atoms with Crippen molar-refractivity contribution in [2.75, 3.05) is 6.54 Å². The maximum atomic E-state index is 4.11. The lowest BCUT2D eigenvalue weighted by atomic mass is 10.1. The molecular formula is C15H17NS. The van der Waals surface area contributed by atoms with E-state index in [0.717, 1.165) is 18.7 Å². The number of benzene rings is 1. The van der Waals surface area contributed by atoms with E-state index < -0.39 is 0 Å². The SMILES string of the molecule is C=C(CNCc1sccc1C)c1ccccc1. The molecule has 0 unspecified atom stereocenters. The third-order valence-corrected chi connectivity index (χ3v) is 3.80. The molecule has 1 heterocycles. The summed E-state index contributed by atoms with van der Waals surface area (Å²) >= 11 is 1.80. The predicted molar refractivity (Wildman–Crippen MR) is 76.2 cm³/mol. The number of aryl methyl sites for hydroxylation is 1. The fraction of sp³-hybridized carbons (Fsp3) is 0.200. The molecule has 0 saturated carbocycles. The van der Waals surface area contributed by atoms with E-state index in [9.17, 15) is 0 Å². The van der Waals surface area contributed by atoms with E-state index in [1.807, 2.05) is 18.2 Å². The van der Waals surface area contributed by atoms with E-state index >= 15 is 0 Å². The minimum atomic E-state index is 0.835. The predicted octanol–water partition coefficient (Wildman–Crippen LogP) is 3.86. The van der Waals surface area contributed by atoms with E-state index in [0.29, 0.717) is 0 Å². The van der Waals surface area contributed by atoms with Crippen molar-refractivity contribution in [3.63, 3.8) is 0 Å². The van der Waals surface area contributed by atoms with Crippen LogP contribution in [0.15, 0.2) is 48.4 Å². The first-order chi connectivity index (χ1) is 8.27. The molecule has 0 aliphatic carbocycles. The topological polar surface area (TPSA) is 12.0 Å². The van der Waals surface area contributed by atoms with E-state index in [4.69, 9.17) is 0 Å². The molecule has 17 heavy (non-hydrogen) atoms. The van der Waals surface area contributed by atoms with Gasteiger partial charge in [0.25, 0.3) is 0 Å². The van der Waals surface area contributed by atoms with Crippen LogP contribution in [0, 0.1) is 6.92 Å². The van der Waals surface area contributed by atoms with Gasteiger partial charge < -0.3 is 5.32 Å². The highest BCUT2D eigenvalue weighted by atomic mass is 32.1. The molecule has 88 valence electrons. The van der Waals surface area contributed by atoms with Gasteiger partial charge in [0.05, 0.1) is 0 Å². The average Bonchev–Trinajstić information content (AvgIpc) is 2.76. The van der Waals surface area contributed by atoms with Gasteiger partial charge in [0, 0.05) is 18.0 Å². The van der Waals surface area contributed by atoms with Crippen molar-refractivity contribution < 1.29 is 0 Å². The van der Waals surface area contributed by atoms with E-state index in [1.165, 1.54) is 16.0 Å². The number of nitrogens with one attached hydrogen (secondary N) is 1. The first-order valence-electron chi connectivity index (χ1n) is 5.74. The highest BCUT2D eigenvalue weighted by Gasteiger charge is 2.00. The van der Waals surface area contributed by atoms with Gasteiger partial charge in [0.1, 0.15) is 0 Å². The first kappa shape index (κ1) is 12.1. The van der Waals surface area contributed by atoms with Crippen LogP contribution >= 0.6 is 11.3 Å². The Bertz CT molecular complexity index is 485. The summed E-state index contributed by atoms with van der Waals surface area (Å²) < 4.78 is 0. The van der Waals surface area contributed by atoms with E-state index in [-0.39, 0.29) is 0 Å². The monoisotopic (exact) mass is 243 g/mol. The molecule has 0 atom stereocenters. The lowest BCUT2D eigenvalue weighted by molar-refractivity contribution is 0.775. The van der Waals surface area contributed by atoms with Crippen molar-refractivity contribution in [1.82, 2.24) is 5.32 Å². The third-order valence-electron chi connectivity index (χ3n) is 2.77. The van der Waals surface area contributed by atoms with Crippen molar-refractivity contribution in [2.45, 2.75) is 13.5 Å². The Morgan fingerprint density at radius 2 is 2.00 bits per heavy atom. The Kier molecular flexibility index (Phi) is 4.13. The maximum Gasteiger partial charge on any atom is 0.0305 e. The molecule has 1 nitrogen and oxygen atoms in total. The summed E-state index contributed by atoms with van der Waals surface area (Å²) in [5, 5.41) is 5.58. The molecule has 1 N–H and O–H groups in total. The minimum absolute atomic E-state index is 0.835. The molecule has 0 aliphatic heterocycles. The zero-order valence-electron chi connectivity index (χ0n) is 10.1. The Hall–Kier alpha value is -1.38. The summed E-state index contributed by atoms with van der Waals surface area (Å²) in [6.45, 7) is 8.02. The quantitative estimate of drug-likeness (QED) is 0.841. The van der Waals surface area contributed by atoms with Crippen LogP contribution < -0.4 is 5.32 Å². The Balaban J connectivity index is 1.84. The van der Waals surface area contributed by atoms with Crippen molar-refractivity contribution in [1.29, 1.82) is 0 Å². The summed E-state index contributed by atoms with van der Waals surface area (Å²) in [7, 11) is 0. The minimum Gasteiger partial charge on any atom is -0.308 e. The lowest BCUT2D eigenvalue weighted by Crippen LogP contribution is -2.15. The molecule has 0 aliphatic rings. The van der Waals surface area contributed by atoms with Crippen LogP contribution in [0.3, 0.4) is 0 Å². The second-order valence-corrected chi connectivity index (χ2v) is 5.10. The maximum absolute atomic E-state index is 4.11. The van der Waals surface area contributed by atoms with Crippen molar-refractivity contribution in [3.05, 3.63) is 64.4 Å². The molecule has 0 spiro atoms. The molecule has 1 aromatic carbocycles. The van der Waals surface area contributed by atoms with Gasteiger partial charge in [0.15, 0.2) is 0 Å². The molecule has 0 bridgehead atoms. The summed E-state index contributed by atoms with van der Waals surface area (Å²) in [5.74, 6) is 0. The second kappa shape index (κ2) is 5.80. The van der Waals surface area contributed by atoms with Crippen LogP contribution in [0.5, 0.6) is 0 Å². The molecule has 0 fully saturated rings. The molecule has 1 aromatic heterocycles. The highest BCUT2D eigenvalue weighted by Crippen LogP contribution is 2.15. The molecule has 2 aromatic rings. The Morgan fingerprint density at radius 1 is 1.24 bits per heavy atom. The van der Waals surface area contributed by atoms with Crippen LogP contribution in [0.4, 0.5) is 0 Å². The lowest BCUT2D eigenvalue weighted by Gasteiger charge is -2.07. The fourth-order valence-electron chi connectivity index (χ4n) is 1.69. The van der Waals surface area contributed by atoms with Gasteiger partial charge in [0.2, 0.25) is 0 Å². The summed E-state index contributed by atoms with van der Waals surface area (Å²) in [6, 6.07) is 12.5. The number of hydrogen-bond donors (Lipinski definition) is 1. The van der Waals surface area contributed by atoms with Crippen molar-refractivity contribution >= 4 is 16.9 Å². The third kappa shape index (κ3) is 3.29. The normalized spacial score (nSPS) is 10.4. The highest BCUT2D eigenvalue weighted by molar-refractivity contribution is 7.10. The molecule has 0 amide bonds. The van der Waals surface area contributed by atoms with Crippen LogP contribution in [0.2, 0.25) is 0 Å². The van der Waals surface area contributed by atoms with Crippen LogP contribution in [0.1, 0.15) is 16.0 Å². The summed E-state index contributed by atoms with van der Waals surface area (Å²) in [6.07, 6.45) is 0. The average molecular weight is 243 g/mol. The Morgan fingerprint density at radius 3 is 2.65 bits per heavy atom. The zero-order chi connectivity index (χ0) is 12.1. The van der Waals surface area contributed by atoms with Crippen molar-refractivity contribution in [2.24, 2.45) is 0 Å². The second-order valence-electron chi connectivity index (χ2n) is 4.10. The van der Waals surface area contributed by atoms with Gasteiger partial charge in [-0.1, -0.05) is 36.9 Å². The zero-order valence-corrected chi connectivity index (χ0v) is 10.9. The molecule has 0 saturated heterocycles. The summed E-state index contributed by atoms with van der Waals surface area (Å²) in [5.41, 5.74) is 3.72. The Labute approximate surface area is 107 Å². The van der Waals surface area contributed by atoms with Crippen molar-refractivity contribution in [3.8, 4) is 0 Å². The number of hydrogen-bond acceptors (Lipinski definition) is 2. The van der Waals surface area contributed by atoms with E-state index in [2.05, 4.69) is 42.4 Å². The van der Waals surface area contributed by atoms with Crippen LogP contribution in [-0.4, -0.2) is 6.54 Å². The van der Waals surface area contributed by atoms with Gasteiger partial charge in [-0.3, -0.25) is 0 Å². The molecular weight excluding hydrogens is 226 g/mol. The van der Waals surface area contributed by atoms with Gasteiger partial charge in [-0.25, -0.2) is 0 Å². The fourth-order valence-corrected chi connectivity index (χ4v) is 2.56. The molecule has 2 heteroatoms.